The third kappa shape index (κ3) is 3.95. The number of carbonyl (C=O) groups excluding carboxylic acids is 2. The number of nitrogens with zero attached hydrogens (tertiary/aromatic N) is 2. The standard InChI is InChI=1S/C19H28N2O4/c1-5-20(6-2)19(23)15-13-17(22)21(11-12-24-3)18(15)14-9-7-8-10-16(14)25-4/h7-10,15,18H,5-6,11-13H2,1-4H3/t15-,18+/m1/s1. The normalized spacial score (nSPS) is 20.0. The largest absolute Gasteiger partial charge is 0.496 e. The number of carbonyl (C=O) groups is 2. The molecule has 1 aliphatic rings. The SMILES string of the molecule is CCN(CC)C(=O)[C@@H]1CC(=O)N(CCOC)[C@H]1c1ccccc1OC. The average molecular weight is 348 g/mol. The molecule has 1 aliphatic heterocycles. The number of rotatable bonds is 8. The van der Waals surface area contributed by atoms with Crippen molar-refractivity contribution in [1.29, 1.82) is 0 Å². The Morgan fingerprint density at radius 1 is 1.24 bits per heavy atom. The minimum Gasteiger partial charge on any atom is -0.496 e. The predicted octanol–water partition coefficient (Wildman–Crippen LogP) is 2.10. The van der Waals surface area contributed by atoms with Gasteiger partial charge in [-0.15, -0.1) is 0 Å². The van der Waals surface area contributed by atoms with Gasteiger partial charge in [-0.25, -0.2) is 0 Å². The van der Waals surface area contributed by atoms with Crippen molar-refractivity contribution in [3.05, 3.63) is 29.8 Å². The van der Waals surface area contributed by atoms with Crippen LogP contribution in [0.4, 0.5) is 0 Å². The number of amides is 2. The Labute approximate surface area is 149 Å². The molecule has 6 heteroatoms. The first-order valence-electron chi connectivity index (χ1n) is 8.79. The molecule has 0 bridgehead atoms. The van der Waals surface area contributed by atoms with E-state index in [0.29, 0.717) is 32.0 Å². The fourth-order valence-corrected chi connectivity index (χ4v) is 3.53. The number of hydrogen-bond donors (Lipinski definition) is 0. The highest BCUT2D eigenvalue weighted by Gasteiger charge is 2.46. The quantitative estimate of drug-likeness (QED) is 0.722. The highest BCUT2D eigenvalue weighted by atomic mass is 16.5. The molecular weight excluding hydrogens is 320 g/mol. The zero-order chi connectivity index (χ0) is 18.4. The molecule has 1 heterocycles. The maximum absolute atomic E-state index is 13.0. The number of benzene rings is 1. The molecule has 1 saturated heterocycles. The minimum atomic E-state index is -0.402. The molecule has 138 valence electrons. The molecule has 2 rings (SSSR count). The monoisotopic (exact) mass is 348 g/mol. The highest BCUT2D eigenvalue weighted by molar-refractivity contribution is 5.90. The van der Waals surface area contributed by atoms with Gasteiger partial charge in [-0.05, 0) is 19.9 Å². The molecule has 2 atom stereocenters. The zero-order valence-corrected chi connectivity index (χ0v) is 15.5. The fourth-order valence-electron chi connectivity index (χ4n) is 3.53. The second-order valence-corrected chi connectivity index (χ2v) is 6.09. The van der Waals surface area contributed by atoms with E-state index in [0.717, 1.165) is 5.56 Å². The van der Waals surface area contributed by atoms with Crippen molar-refractivity contribution in [1.82, 2.24) is 9.80 Å². The molecule has 0 unspecified atom stereocenters. The van der Waals surface area contributed by atoms with Crippen LogP contribution in [0.3, 0.4) is 0 Å². The van der Waals surface area contributed by atoms with Gasteiger partial charge in [-0.1, -0.05) is 18.2 Å². The van der Waals surface area contributed by atoms with Gasteiger partial charge in [0, 0.05) is 38.7 Å². The van der Waals surface area contributed by atoms with E-state index >= 15 is 0 Å². The number of ether oxygens (including phenoxy) is 2. The lowest BCUT2D eigenvalue weighted by Crippen LogP contribution is -2.39. The Hall–Kier alpha value is -2.08. The van der Waals surface area contributed by atoms with Gasteiger partial charge in [0.25, 0.3) is 0 Å². The Morgan fingerprint density at radius 3 is 2.52 bits per heavy atom. The maximum Gasteiger partial charge on any atom is 0.228 e. The van der Waals surface area contributed by atoms with Crippen molar-refractivity contribution in [2.24, 2.45) is 5.92 Å². The van der Waals surface area contributed by atoms with Crippen molar-refractivity contribution < 1.29 is 19.1 Å². The second-order valence-electron chi connectivity index (χ2n) is 6.09. The van der Waals surface area contributed by atoms with Crippen molar-refractivity contribution in [2.75, 3.05) is 40.5 Å². The molecule has 0 aliphatic carbocycles. The fraction of sp³-hybridized carbons (Fsp3) is 0.579. The number of para-hydroxylation sites is 1. The minimum absolute atomic E-state index is 0.0153. The van der Waals surface area contributed by atoms with E-state index in [4.69, 9.17) is 9.47 Å². The van der Waals surface area contributed by atoms with Gasteiger partial charge in [-0.3, -0.25) is 9.59 Å². The molecule has 25 heavy (non-hydrogen) atoms. The lowest BCUT2D eigenvalue weighted by atomic mass is 9.91. The lowest BCUT2D eigenvalue weighted by molar-refractivity contribution is -0.136. The van der Waals surface area contributed by atoms with E-state index in [1.807, 2.05) is 38.1 Å². The van der Waals surface area contributed by atoms with Gasteiger partial charge < -0.3 is 19.3 Å². The summed E-state index contributed by atoms with van der Waals surface area (Å²) >= 11 is 0. The summed E-state index contributed by atoms with van der Waals surface area (Å²) in [5.41, 5.74) is 0.873. The van der Waals surface area contributed by atoms with Gasteiger partial charge in [0.2, 0.25) is 11.8 Å². The molecule has 0 N–H and O–H groups in total. The van der Waals surface area contributed by atoms with Crippen molar-refractivity contribution >= 4 is 11.8 Å². The summed E-state index contributed by atoms with van der Waals surface area (Å²) in [5, 5.41) is 0. The van der Waals surface area contributed by atoms with Crippen LogP contribution in [0.2, 0.25) is 0 Å². The molecule has 0 spiro atoms. The molecule has 0 aromatic heterocycles. The van der Waals surface area contributed by atoms with Gasteiger partial charge in [0.05, 0.1) is 25.7 Å². The van der Waals surface area contributed by atoms with Crippen LogP contribution < -0.4 is 4.74 Å². The summed E-state index contributed by atoms with van der Waals surface area (Å²) in [7, 11) is 3.22. The zero-order valence-electron chi connectivity index (χ0n) is 15.5. The third-order valence-corrected chi connectivity index (χ3v) is 4.82. The van der Waals surface area contributed by atoms with Crippen molar-refractivity contribution in [2.45, 2.75) is 26.3 Å². The lowest BCUT2D eigenvalue weighted by Gasteiger charge is -2.31. The van der Waals surface area contributed by atoms with Crippen LogP contribution >= 0.6 is 0 Å². The first-order valence-corrected chi connectivity index (χ1v) is 8.79. The topological polar surface area (TPSA) is 59.1 Å². The molecule has 2 amide bonds. The van der Waals surface area contributed by atoms with E-state index in [1.54, 1.807) is 24.0 Å². The predicted molar refractivity (Wildman–Crippen MR) is 95.4 cm³/mol. The molecule has 6 nitrogen and oxygen atoms in total. The molecule has 1 aromatic carbocycles. The van der Waals surface area contributed by atoms with Gasteiger partial charge in [0.1, 0.15) is 5.75 Å². The first-order chi connectivity index (χ1) is 12.1. The molecular formula is C19H28N2O4. The summed E-state index contributed by atoms with van der Waals surface area (Å²) in [6.45, 7) is 6.08. The molecule has 0 radical (unpaired) electrons. The van der Waals surface area contributed by atoms with E-state index in [1.165, 1.54) is 0 Å². The molecule has 1 fully saturated rings. The van der Waals surface area contributed by atoms with Gasteiger partial charge in [-0.2, -0.15) is 0 Å². The van der Waals surface area contributed by atoms with Crippen LogP contribution in [0.1, 0.15) is 31.9 Å². The Bertz CT molecular complexity index is 601. The number of hydrogen-bond acceptors (Lipinski definition) is 4. The Morgan fingerprint density at radius 2 is 1.92 bits per heavy atom. The molecule has 1 aromatic rings. The summed E-state index contributed by atoms with van der Waals surface area (Å²) in [6.07, 6.45) is 0.224. The van der Waals surface area contributed by atoms with E-state index < -0.39 is 5.92 Å². The Kier molecular flexibility index (Phi) is 6.82. The van der Waals surface area contributed by atoms with Crippen LogP contribution in [0, 0.1) is 5.92 Å². The second kappa shape index (κ2) is 8.85. The van der Waals surface area contributed by atoms with Crippen LogP contribution in [-0.2, 0) is 14.3 Å². The Balaban J connectivity index is 2.44. The summed E-state index contributed by atoms with van der Waals surface area (Å²) in [5.74, 6) is 0.301. The third-order valence-electron chi connectivity index (χ3n) is 4.82. The van der Waals surface area contributed by atoms with E-state index in [2.05, 4.69) is 0 Å². The molecule has 0 saturated carbocycles. The first kappa shape index (κ1) is 19.2. The maximum atomic E-state index is 13.0. The van der Waals surface area contributed by atoms with E-state index in [-0.39, 0.29) is 24.3 Å². The van der Waals surface area contributed by atoms with Crippen LogP contribution in [0.5, 0.6) is 5.75 Å². The van der Waals surface area contributed by atoms with Crippen LogP contribution in [0.15, 0.2) is 24.3 Å². The summed E-state index contributed by atoms with van der Waals surface area (Å²) < 4.78 is 10.7. The van der Waals surface area contributed by atoms with Crippen molar-refractivity contribution in [3.63, 3.8) is 0 Å². The number of methoxy groups -OCH3 is 2. The number of likely N-dealkylation sites (tertiary alicyclic amines) is 1. The summed E-state index contributed by atoms with van der Waals surface area (Å²) in [6, 6.07) is 7.27. The average Bonchev–Trinajstić information content (AvgIpc) is 2.96. The van der Waals surface area contributed by atoms with Gasteiger partial charge >= 0.3 is 0 Å². The highest BCUT2D eigenvalue weighted by Crippen LogP contribution is 2.42. The van der Waals surface area contributed by atoms with E-state index in [9.17, 15) is 9.59 Å². The van der Waals surface area contributed by atoms with Crippen LogP contribution in [0.25, 0.3) is 0 Å². The van der Waals surface area contributed by atoms with Gasteiger partial charge in [0.15, 0.2) is 0 Å². The smallest absolute Gasteiger partial charge is 0.228 e. The summed E-state index contributed by atoms with van der Waals surface area (Å²) in [4.78, 5) is 29.2. The van der Waals surface area contributed by atoms with Crippen LogP contribution in [-0.4, -0.2) is 62.1 Å². The van der Waals surface area contributed by atoms with Crippen molar-refractivity contribution in [3.8, 4) is 5.75 Å².